The fourth-order valence-corrected chi connectivity index (χ4v) is 3.94. The van der Waals surface area contributed by atoms with Crippen molar-refractivity contribution in [3.05, 3.63) is 22.9 Å². The topological polar surface area (TPSA) is 54.2 Å². The molecular formula is C15H22N4S. The van der Waals surface area contributed by atoms with Gasteiger partial charge in [-0.2, -0.15) is 0 Å². The molecule has 0 spiro atoms. The van der Waals surface area contributed by atoms with Gasteiger partial charge < -0.3 is 11.1 Å². The van der Waals surface area contributed by atoms with E-state index >= 15 is 0 Å². The second-order valence-corrected chi connectivity index (χ2v) is 6.39. The van der Waals surface area contributed by atoms with E-state index in [-0.39, 0.29) is 0 Å². The summed E-state index contributed by atoms with van der Waals surface area (Å²) in [6.07, 6.45) is 3.77. The zero-order chi connectivity index (χ0) is 14.3. The van der Waals surface area contributed by atoms with Crippen LogP contribution in [0.3, 0.4) is 0 Å². The molecule has 2 fully saturated rings. The van der Waals surface area contributed by atoms with Crippen LogP contribution in [0.2, 0.25) is 0 Å². The Morgan fingerprint density at radius 1 is 1.40 bits per heavy atom. The highest BCUT2D eigenvalue weighted by Crippen LogP contribution is 2.31. The number of hydrogen-bond acceptors (Lipinski definition) is 4. The van der Waals surface area contributed by atoms with Crippen molar-refractivity contribution in [1.29, 1.82) is 0 Å². The number of pyridine rings is 1. The molecule has 0 aromatic carbocycles. The summed E-state index contributed by atoms with van der Waals surface area (Å²) in [5, 5.41) is 3.62. The first kappa shape index (κ1) is 13.8. The molecule has 2 saturated heterocycles. The van der Waals surface area contributed by atoms with Crippen molar-refractivity contribution in [2.75, 3.05) is 18.4 Å². The summed E-state index contributed by atoms with van der Waals surface area (Å²) in [6.45, 7) is 6.49. The fraction of sp³-hybridized carbons (Fsp3) is 0.600. The van der Waals surface area contributed by atoms with Gasteiger partial charge in [-0.3, -0.25) is 4.90 Å². The number of rotatable bonds is 3. The summed E-state index contributed by atoms with van der Waals surface area (Å²) in [4.78, 5) is 7.65. The first-order chi connectivity index (χ1) is 9.56. The molecule has 20 heavy (non-hydrogen) atoms. The van der Waals surface area contributed by atoms with E-state index in [0.29, 0.717) is 17.1 Å². The third kappa shape index (κ3) is 2.40. The summed E-state index contributed by atoms with van der Waals surface area (Å²) in [6, 6.07) is 3.16. The van der Waals surface area contributed by atoms with Crippen molar-refractivity contribution in [1.82, 2.24) is 9.88 Å². The van der Waals surface area contributed by atoms with Gasteiger partial charge in [0, 0.05) is 24.3 Å². The second-order valence-electron chi connectivity index (χ2n) is 5.95. The third-order valence-corrected chi connectivity index (χ3v) is 4.72. The maximum Gasteiger partial charge on any atom is 0.137 e. The average Bonchev–Trinajstić information content (AvgIpc) is 2.92. The van der Waals surface area contributed by atoms with E-state index in [1.54, 1.807) is 0 Å². The Hall–Kier alpha value is -1.20. The van der Waals surface area contributed by atoms with Gasteiger partial charge in [0.05, 0.1) is 5.56 Å². The Bertz CT molecular complexity index is 543. The molecule has 0 radical (unpaired) electrons. The zero-order valence-corrected chi connectivity index (χ0v) is 13.0. The molecule has 2 unspecified atom stereocenters. The van der Waals surface area contributed by atoms with Crippen LogP contribution in [0, 0.1) is 13.8 Å². The molecule has 5 heteroatoms. The lowest BCUT2D eigenvalue weighted by atomic mass is 10.0. The maximum absolute atomic E-state index is 5.89. The molecule has 1 aromatic heterocycles. The Balaban J connectivity index is 1.88. The van der Waals surface area contributed by atoms with Crippen molar-refractivity contribution >= 4 is 23.0 Å². The molecule has 0 bridgehead atoms. The van der Waals surface area contributed by atoms with Gasteiger partial charge >= 0.3 is 0 Å². The smallest absolute Gasteiger partial charge is 0.137 e. The van der Waals surface area contributed by atoms with E-state index in [4.69, 9.17) is 18.0 Å². The van der Waals surface area contributed by atoms with Crippen LogP contribution in [0.5, 0.6) is 0 Å². The lowest BCUT2D eigenvalue weighted by molar-refractivity contribution is 0.318. The van der Waals surface area contributed by atoms with Gasteiger partial charge in [0.25, 0.3) is 0 Å². The van der Waals surface area contributed by atoms with Crippen molar-refractivity contribution < 1.29 is 0 Å². The Labute approximate surface area is 125 Å². The first-order valence-corrected chi connectivity index (χ1v) is 7.75. The lowest BCUT2D eigenvalue weighted by Gasteiger charge is -2.23. The van der Waals surface area contributed by atoms with Crippen LogP contribution in [0.25, 0.3) is 0 Å². The quantitative estimate of drug-likeness (QED) is 0.834. The predicted octanol–water partition coefficient (Wildman–Crippen LogP) is 1.98. The van der Waals surface area contributed by atoms with E-state index in [1.807, 2.05) is 19.9 Å². The standard InChI is InChI=1S/C15H22N4S/c1-9-8-10(2)17-15(13(9)14(16)20)18-11-5-7-19-6-3-4-12(11)19/h8,11-12H,3-7H2,1-2H3,(H2,16,20)(H,17,18). The van der Waals surface area contributed by atoms with Crippen LogP contribution >= 0.6 is 12.2 Å². The van der Waals surface area contributed by atoms with Crippen LogP contribution in [-0.2, 0) is 0 Å². The molecule has 0 saturated carbocycles. The maximum atomic E-state index is 5.89. The molecule has 108 valence electrons. The number of hydrogen-bond donors (Lipinski definition) is 2. The van der Waals surface area contributed by atoms with E-state index < -0.39 is 0 Å². The van der Waals surface area contributed by atoms with E-state index in [2.05, 4.69) is 15.2 Å². The Morgan fingerprint density at radius 3 is 2.95 bits per heavy atom. The predicted molar refractivity (Wildman–Crippen MR) is 86.2 cm³/mol. The molecule has 3 heterocycles. The Kier molecular flexibility index (Phi) is 3.65. The normalized spacial score (nSPS) is 25.7. The number of fused-ring (bicyclic) bond motifs is 1. The van der Waals surface area contributed by atoms with E-state index in [1.165, 1.54) is 32.4 Å². The summed E-state index contributed by atoms with van der Waals surface area (Å²) >= 11 is 5.20. The molecule has 2 aliphatic rings. The van der Waals surface area contributed by atoms with Gasteiger partial charge in [0.1, 0.15) is 10.8 Å². The van der Waals surface area contributed by atoms with Gasteiger partial charge in [-0.25, -0.2) is 4.98 Å². The largest absolute Gasteiger partial charge is 0.389 e. The molecule has 1 aromatic rings. The van der Waals surface area contributed by atoms with Crippen LogP contribution in [0.4, 0.5) is 5.82 Å². The minimum absolute atomic E-state index is 0.429. The van der Waals surface area contributed by atoms with Crippen molar-refractivity contribution in [2.24, 2.45) is 5.73 Å². The highest BCUT2D eigenvalue weighted by molar-refractivity contribution is 7.80. The van der Waals surface area contributed by atoms with Gasteiger partial charge in [0.15, 0.2) is 0 Å². The highest BCUT2D eigenvalue weighted by atomic mass is 32.1. The summed E-state index contributed by atoms with van der Waals surface area (Å²) in [5.41, 5.74) is 8.90. The van der Waals surface area contributed by atoms with E-state index in [0.717, 1.165) is 22.6 Å². The minimum Gasteiger partial charge on any atom is -0.389 e. The number of anilines is 1. The van der Waals surface area contributed by atoms with Crippen molar-refractivity contribution in [3.63, 3.8) is 0 Å². The average molecular weight is 290 g/mol. The summed E-state index contributed by atoms with van der Waals surface area (Å²) in [5.74, 6) is 0.869. The number of aryl methyl sites for hydroxylation is 2. The van der Waals surface area contributed by atoms with Crippen LogP contribution in [0.1, 0.15) is 36.1 Å². The lowest BCUT2D eigenvalue weighted by Crippen LogP contribution is -2.34. The number of nitrogens with zero attached hydrogens (tertiary/aromatic N) is 2. The third-order valence-electron chi connectivity index (χ3n) is 4.52. The minimum atomic E-state index is 0.429. The van der Waals surface area contributed by atoms with E-state index in [9.17, 15) is 0 Å². The number of thiocarbonyl (C=S) groups is 1. The van der Waals surface area contributed by atoms with Gasteiger partial charge in [-0.15, -0.1) is 0 Å². The second kappa shape index (κ2) is 5.30. The molecular weight excluding hydrogens is 268 g/mol. The Morgan fingerprint density at radius 2 is 2.20 bits per heavy atom. The molecule has 0 aliphatic carbocycles. The van der Waals surface area contributed by atoms with Crippen LogP contribution in [-0.4, -0.2) is 40.0 Å². The number of aromatic nitrogens is 1. The zero-order valence-electron chi connectivity index (χ0n) is 12.1. The molecule has 3 rings (SSSR count). The molecule has 2 atom stereocenters. The van der Waals surface area contributed by atoms with Crippen LogP contribution < -0.4 is 11.1 Å². The van der Waals surface area contributed by atoms with Crippen LogP contribution in [0.15, 0.2) is 6.07 Å². The highest BCUT2D eigenvalue weighted by Gasteiger charge is 2.37. The summed E-state index contributed by atoms with van der Waals surface area (Å²) in [7, 11) is 0. The molecule has 4 nitrogen and oxygen atoms in total. The SMILES string of the molecule is Cc1cc(C)c(C(N)=S)c(NC2CCN3CCCC23)n1. The summed E-state index contributed by atoms with van der Waals surface area (Å²) < 4.78 is 0. The van der Waals surface area contributed by atoms with Crippen molar-refractivity contribution in [2.45, 2.75) is 45.2 Å². The number of nitrogens with one attached hydrogen (secondary N) is 1. The molecule has 2 aliphatic heterocycles. The number of nitrogens with two attached hydrogens (primary N) is 1. The molecule has 3 N–H and O–H groups in total. The van der Waals surface area contributed by atoms with Gasteiger partial charge in [-0.05, 0) is 51.3 Å². The first-order valence-electron chi connectivity index (χ1n) is 7.35. The van der Waals surface area contributed by atoms with Gasteiger partial charge in [-0.1, -0.05) is 12.2 Å². The van der Waals surface area contributed by atoms with Gasteiger partial charge in [0.2, 0.25) is 0 Å². The fourth-order valence-electron chi connectivity index (χ4n) is 3.68. The molecule has 0 amide bonds. The van der Waals surface area contributed by atoms with Crippen molar-refractivity contribution in [3.8, 4) is 0 Å². The monoisotopic (exact) mass is 290 g/mol.